The molecule has 0 saturated heterocycles. The molecular weight excluding hydrogens is 255 g/mol. The molecule has 0 aliphatic carbocycles. The van der Waals surface area contributed by atoms with Crippen LogP contribution in [0.3, 0.4) is 0 Å². The Morgan fingerprint density at radius 3 is 2.06 bits per heavy atom. The Morgan fingerprint density at radius 1 is 1.12 bits per heavy atom. The molecule has 0 radical (unpaired) electrons. The molecule has 0 aliphatic heterocycles. The first-order valence-corrected chi connectivity index (χ1v) is 6.60. The quantitative estimate of drug-likeness (QED) is 0.290. The predicted molar refractivity (Wildman–Crippen MR) is 78.8 cm³/mol. The molecule has 0 spiro atoms. The third kappa shape index (κ3) is 21.3. The van der Waals surface area contributed by atoms with E-state index in [9.17, 15) is 4.79 Å². The SMILES string of the molecule is CC(=O)C=CC=C(C)CCC=C(C)C.ClCCl. The third-order valence-corrected chi connectivity index (χ3v) is 1.80. The van der Waals surface area contributed by atoms with Crippen molar-refractivity contribution in [2.75, 3.05) is 5.34 Å². The van der Waals surface area contributed by atoms with Crippen molar-refractivity contribution in [3.63, 3.8) is 0 Å². The average molecular weight is 277 g/mol. The zero-order valence-corrected chi connectivity index (χ0v) is 12.6. The average Bonchev–Trinajstić information content (AvgIpc) is 2.17. The lowest BCUT2D eigenvalue weighted by Gasteiger charge is -1.96. The second-order valence-corrected chi connectivity index (χ2v) is 4.71. The number of carbonyl (C=O) groups is 1. The molecule has 0 fully saturated rings. The maximum Gasteiger partial charge on any atom is 0.152 e. The van der Waals surface area contributed by atoms with Crippen LogP contribution >= 0.6 is 23.2 Å². The minimum absolute atomic E-state index is 0.0957. The van der Waals surface area contributed by atoms with E-state index in [0.717, 1.165) is 12.8 Å². The highest BCUT2D eigenvalue weighted by Gasteiger charge is 1.87. The second-order valence-electron chi connectivity index (χ2n) is 3.90. The van der Waals surface area contributed by atoms with Crippen molar-refractivity contribution in [3.8, 4) is 0 Å². The first kappa shape index (κ1) is 18.8. The molecule has 0 aromatic heterocycles. The van der Waals surface area contributed by atoms with Crippen molar-refractivity contribution in [1.82, 2.24) is 0 Å². The molecule has 98 valence electrons. The summed E-state index contributed by atoms with van der Waals surface area (Å²) >= 11 is 9.53. The van der Waals surface area contributed by atoms with Crippen molar-refractivity contribution in [2.24, 2.45) is 0 Å². The predicted octanol–water partition coefficient (Wildman–Crippen LogP) is 5.25. The molecule has 0 saturated carbocycles. The molecule has 0 aromatic rings. The van der Waals surface area contributed by atoms with Gasteiger partial charge in [0.15, 0.2) is 5.78 Å². The van der Waals surface area contributed by atoms with Crippen LogP contribution in [0.2, 0.25) is 0 Å². The van der Waals surface area contributed by atoms with Crippen molar-refractivity contribution in [2.45, 2.75) is 40.5 Å². The van der Waals surface area contributed by atoms with E-state index in [2.05, 4.69) is 26.8 Å². The van der Waals surface area contributed by atoms with Gasteiger partial charge in [0.25, 0.3) is 0 Å². The van der Waals surface area contributed by atoms with E-state index in [4.69, 9.17) is 23.2 Å². The number of allylic oxidation sites excluding steroid dienone is 6. The van der Waals surface area contributed by atoms with E-state index in [1.807, 2.05) is 12.2 Å². The highest BCUT2D eigenvalue weighted by atomic mass is 35.5. The van der Waals surface area contributed by atoms with Gasteiger partial charge in [-0.25, -0.2) is 0 Å². The van der Waals surface area contributed by atoms with Gasteiger partial charge in [-0.2, -0.15) is 0 Å². The first-order chi connectivity index (χ1) is 7.93. The largest absolute Gasteiger partial charge is 0.295 e. The maximum atomic E-state index is 10.6. The summed E-state index contributed by atoms with van der Waals surface area (Å²) in [5.41, 5.74) is 2.66. The number of hydrogen-bond donors (Lipinski definition) is 0. The molecular formula is C14H22Cl2O. The van der Waals surface area contributed by atoms with E-state index in [0.29, 0.717) is 0 Å². The van der Waals surface area contributed by atoms with E-state index >= 15 is 0 Å². The fourth-order valence-corrected chi connectivity index (χ4v) is 1.02. The Bertz CT molecular complexity index is 285. The highest BCUT2D eigenvalue weighted by molar-refractivity contribution is 6.40. The monoisotopic (exact) mass is 276 g/mol. The second kappa shape index (κ2) is 13.5. The molecule has 0 rings (SSSR count). The molecule has 0 unspecified atom stereocenters. The van der Waals surface area contributed by atoms with Gasteiger partial charge in [-0.1, -0.05) is 29.4 Å². The molecule has 0 heterocycles. The van der Waals surface area contributed by atoms with Crippen LogP contribution < -0.4 is 0 Å². The molecule has 0 bridgehead atoms. The van der Waals surface area contributed by atoms with E-state index in [1.54, 1.807) is 13.0 Å². The highest BCUT2D eigenvalue weighted by Crippen LogP contribution is 2.06. The zero-order chi connectivity index (χ0) is 13.7. The molecule has 0 aromatic carbocycles. The van der Waals surface area contributed by atoms with Crippen LogP contribution in [0.15, 0.2) is 35.5 Å². The number of ketones is 1. The normalized spacial score (nSPS) is 10.8. The zero-order valence-electron chi connectivity index (χ0n) is 11.1. The van der Waals surface area contributed by atoms with Gasteiger partial charge in [0.2, 0.25) is 0 Å². The van der Waals surface area contributed by atoms with Crippen molar-refractivity contribution >= 4 is 29.0 Å². The summed E-state index contributed by atoms with van der Waals surface area (Å²) in [7, 11) is 0. The van der Waals surface area contributed by atoms with Crippen LogP contribution in [0.1, 0.15) is 40.5 Å². The van der Waals surface area contributed by atoms with Gasteiger partial charge in [0, 0.05) is 0 Å². The summed E-state index contributed by atoms with van der Waals surface area (Å²) in [5, 5.41) is 0.194. The van der Waals surface area contributed by atoms with Crippen molar-refractivity contribution in [1.29, 1.82) is 0 Å². The summed E-state index contributed by atoms with van der Waals surface area (Å²) in [4.78, 5) is 10.6. The maximum absolute atomic E-state index is 10.6. The fraction of sp³-hybridized carbons (Fsp3) is 0.500. The van der Waals surface area contributed by atoms with Crippen molar-refractivity contribution < 1.29 is 4.79 Å². The summed E-state index contributed by atoms with van der Waals surface area (Å²) in [6, 6.07) is 0. The van der Waals surface area contributed by atoms with Gasteiger partial charge in [0.05, 0.1) is 5.34 Å². The molecule has 0 N–H and O–H groups in total. The lowest BCUT2D eigenvalue weighted by Crippen LogP contribution is -1.79. The smallest absolute Gasteiger partial charge is 0.152 e. The van der Waals surface area contributed by atoms with Gasteiger partial charge in [-0.15, -0.1) is 23.2 Å². The molecule has 1 nitrogen and oxygen atoms in total. The van der Waals surface area contributed by atoms with Crippen LogP contribution in [0.25, 0.3) is 0 Å². The number of hydrogen-bond acceptors (Lipinski definition) is 1. The van der Waals surface area contributed by atoms with E-state index in [-0.39, 0.29) is 11.1 Å². The van der Waals surface area contributed by atoms with Gasteiger partial charge >= 0.3 is 0 Å². The minimum Gasteiger partial charge on any atom is -0.295 e. The lowest BCUT2D eigenvalue weighted by atomic mass is 10.1. The van der Waals surface area contributed by atoms with Crippen LogP contribution in [-0.2, 0) is 4.79 Å². The van der Waals surface area contributed by atoms with Crippen molar-refractivity contribution in [3.05, 3.63) is 35.5 Å². The van der Waals surface area contributed by atoms with E-state index in [1.165, 1.54) is 11.1 Å². The molecule has 0 atom stereocenters. The van der Waals surface area contributed by atoms with Gasteiger partial charge in [0.1, 0.15) is 0 Å². The summed E-state index contributed by atoms with van der Waals surface area (Å²) in [6.45, 7) is 7.86. The Hall–Kier alpha value is -0.530. The molecule has 0 aliphatic rings. The van der Waals surface area contributed by atoms with Gasteiger partial charge < -0.3 is 0 Å². The number of rotatable bonds is 5. The van der Waals surface area contributed by atoms with Crippen LogP contribution in [-0.4, -0.2) is 11.1 Å². The Kier molecular flexibility index (Phi) is 15.0. The molecule has 17 heavy (non-hydrogen) atoms. The lowest BCUT2D eigenvalue weighted by molar-refractivity contribution is -0.112. The summed E-state index contributed by atoms with van der Waals surface area (Å²) < 4.78 is 0. The summed E-state index contributed by atoms with van der Waals surface area (Å²) in [6.07, 6.45) is 9.78. The van der Waals surface area contributed by atoms with Gasteiger partial charge in [-0.3, -0.25) is 4.79 Å². The van der Waals surface area contributed by atoms with Crippen LogP contribution in [0.4, 0.5) is 0 Å². The number of carbonyl (C=O) groups excluding carboxylic acids is 1. The minimum atomic E-state index is 0.0957. The van der Waals surface area contributed by atoms with Crippen LogP contribution in [0, 0.1) is 0 Å². The Morgan fingerprint density at radius 2 is 1.65 bits per heavy atom. The fourth-order valence-electron chi connectivity index (χ4n) is 1.02. The van der Waals surface area contributed by atoms with E-state index < -0.39 is 0 Å². The van der Waals surface area contributed by atoms with Crippen LogP contribution in [0.5, 0.6) is 0 Å². The number of alkyl halides is 2. The molecule has 3 heteroatoms. The standard InChI is InChI=1S/C13H20O.CH2Cl2/c1-11(2)7-5-8-12(3)9-6-10-13(4)14;2-1-3/h6-7,9-10H,5,8H2,1-4H3;1H2. The first-order valence-electron chi connectivity index (χ1n) is 5.53. The Balaban J connectivity index is 0. The third-order valence-electron chi connectivity index (χ3n) is 1.80. The topological polar surface area (TPSA) is 17.1 Å². The van der Waals surface area contributed by atoms with Gasteiger partial charge in [-0.05, 0) is 46.6 Å². The molecule has 0 amide bonds. The summed E-state index contributed by atoms with van der Waals surface area (Å²) in [5.74, 6) is 0.0957. The Labute approximate surface area is 115 Å². The number of halogens is 2.